The lowest BCUT2D eigenvalue weighted by atomic mass is 9.79. The molecule has 0 spiro atoms. The molecule has 3 N–H and O–H groups in total. The van der Waals surface area contributed by atoms with Crippen molar-refractivity contribution in [2.75, 3.05) is 66.0 Å². The van der Waals surface area contributed by atoms with Crippen molar-refractivity contribution < 1.29 is 5.11 Å². The lowest BCUT2D eigenvalue weighted by molar-refractivity contribution is 0.152. The van der Waals surface area contributed by atoms with Crippen LogP contribution in [0.1, 0.15) is 52.9 Å². The van der Waals surface area contributed by atoms with Crippen LogP contribution < -0.4 is 10.6 Å². The number of unbranched alkanes of at least 4 members (excludes halogenated alkanes) is 1. The highest BCUT2D eigenvalue weighted by molar-refractivity contribution is 14.0. The van der Waals surface area contributed by atoms with Crippen LogP contribution in [0.4, 0.5) is 0 Å². The first kappa shape index (κ1) is 26.9. The highest BCUT2D eigenvalue weighted by atomic mass is 127. The van der Waals surface area contributed by atoms with Gasteiger partial charge in [0.1, 0.15) is 0 Å². The van der Waals surface area contributed by atoms with Gasteiger partial charge >= 0.3 is 0 Å². The monoisotopic (exact) mass is 497 g/mol. The van der Waals surface area contributed by atoms with Gasteiger partial charge in [0, 0.05) is 52.4 Å². The molecule has 0 aromatic heterocycles. The Balaban J connectivity index is 0.00000676. The van der Waals surface area contributed by atoms with Gasteiger partial charge in [-0.1, -0.05) is 13.8 Å². The normalized spacial score (nSPS) is 16.9. The summed E-state index contributed by atoms with van der Waals surface area (Å²) < 4.78 is 0. The molecule has 0 atom stereocenters. The van der Waals surface area contributed by atoms with Crippen LogP contribution in [-0.2, 0) is 0 Å². The molecule has 162 valence electrons. The van der Waals surface area contributed by atoms with Gasteiger partial charge in [0.05, 0.1) is 0 Å². The van der Waals surface area contributed by atoms with Crippen molar-refractivity contribution in [1.29, 1.82) is 0 Å². The minimum absolute atomic E-state index is 0. The molecule has 0 amide bonds. The van der Waals surface area contributed by atoms with E-state index in [1.54, 1.807) is 0 Å². The Hall–Kier alpha value is -0.120. The molecule has 7 heteroatoms. The van der Waals surface area contributed by atoms with E-state index in [-0.39, 0.29) is 36.0 Å². The molecular formula is C20H44IN5O. The Morgan fingerprint density at radius 3 is 2.26 bits per heavy atom. The van der Waals surface area contributed by atoms with Crippen LogP contribution >= 0.6 is 24.0 Å². The summed E-state index contributed by atoms with van der Waals surface area (Å²) in [6, 6.07) is 0. The molecule has 1 rings (SSSR count). The molecule has 0 unspecified atom stereocenters. The molecule has 1 aliphatic heterocycles. The highest BCUT2D eigenvalue weighted by Gasteiger charge is 2.25. The summed E-state index contributed by atoms with van der Waals surface area (Å²) in [4.78, 5) is 9.79. The smallest absolute Gasteiger partial charge is 0.191 e. The molecule has 6 nitrogen and oxygen atoms in total. The summed E-state index contributed by atoms with van der Waals surface area (Å²) in [5.41, 5.74) is 0.124. The van der Waals surface area contributed by atoms with Crippen LogP contribution in [0.3, 0.4) is 0 Å². The van der Waals surface area contributed by atoms with Crippen molar-refractivity contribution in [3.05, 3.63) is 0 Å². The number of aliphatic imine (C=N–C) groups is 1. The molecule has 0 aromatic rings. The van der Waals surface area contributed by atoms with E-state index in [2.05, 4.69) is 48.3 Å². The number of nitrogens with one attached hydrogen (secondary N) is 2. The van der Waals surface area contributed by atoms with Crippen LogP contribution in [0.15, 0.2) is 4.99 Å². The third kappa shape index (κ3) is 10.9. The second kappa shape index (κ2) is 15.8. The fourth-order valence-electron chi connectivity index (χ4n) is 3.47. The Labute approximate surface area is 184 Å². The number of rotatable bonds is 12. The first-order valence-electron chi connectivity index (χ1n) is 10.6. The van der Waals surface area contributed by atoms with Crippen molar-refractivity contribution >= 4 is 29.9 Å². The lowest BCUT2D eigenvalue weighted by Gasteiger charge is -2.32. The van der Waals surface area contributed by atoms with Gasteiger partial charge in [-0.25, -0.2) is 0 Å². The van der Waals surface area contributed by atoms with Crippen molar-refractivity contribution in [2.45, 2.75) is 52.9 Å². The van der Waals surface area contributed by atoms with Crippen molar-refractivity contribution in [1.82, 2.24) is 20.4 Å². The van der Waals surface area contributed by atoms with E-state index < -0.39 is 0 Å². The minimum Gasteiger partial charge on any atom is -0.396 e. The summed E-state index contributed by atoms with van der Waals surface area (Å²) in [7, 11) is 2.20. The van der Waals surface area contributed by atoms with Crippen molar-refractivity contribution in [3.8, 4) is 0 Å². The highest BCUT2D eigenvalue weighted by Crippen LogP contribution is 2.30. The van der Waals surface area contributed by atoms with E-state index >= 15 is 0 Å². The first-order valence-corrected chi connectivity index (χ1v) is 10.6. The quantitative estimate of drug-likeness (QED) is 0.167. The summed E-state index contributed by atoms with van der Waals surface area (Å²) >= 11 is 0. The third-order valence-corrected chi connectivity index (χ3v) is 5.85. The van der Waals surface area contributed by atoms with Crippen LogP contribution in [0.2, 0.25) is 0 Å². The standard InChI is InChI=1S/C20H43N5O.HI/c1-5-20(6-2,10-17-26)18-23-19(21-7-3)22-11-8-9-12-25-15-13-24(4)14-16-25;/h26H,5-18H2,1-4H3,(H2,21,22,23);1H. The van der Waals surface area contributed by atoms with Crippen LogP contribution in [0.5, 0.6) is 0 Å². The fourth-order valence-corrected chi connectivity index (χ4v) is 3.47. The number of hydrogen-bond acceptors (Lipinski definition) is 4. The van der Waals surface area contributed by atoms with Crippen molar-refractivity contribution in [3.63, 3.8) is 0 Å². The number of guanidine groups is 1. The number of likely N-dealkylation sites (N-methyl/N-ethyl adjacent to an activating group) is 1. The van der Waals surface area contributed by atoms with Gasteiger partial charge in [-0.05, 0) is 58.0 Å². The molecular weight excluding hydrogens is 453 g/mol. The van der Waals surface area contributed by atoms with E-state index in [0.717, 1.165) is 44.9 Å². The SMILES string of the molecule is CCNC(=NCC(CC)(CC)CCO)NCCCCN1CCN(C)CC1.I. The van der Waals surface area contributed by atoms with E-state index in [1.165, 1.54) is 45.6 Å². The topological polar surface area (TPSA) is 63.1 Å². The maximum absolute atomic E-state index is 9.37. The molecule has 0 saturated carbocycles. The van der Waals surface area contributed by atoms with Gasteiger partial charge in [-0.2, -0.15) is 0 Å². The zero-order chi connectivity index (χ0) is 19.3. The third-order valence-electron chi connectivity index (χ3n) is 5.85. The second-order valence-electron chi connectivity index (χ2n) is 7.65. The Morgan fingerprint density at radius 2 is 1.70 bits per heavy atom. The lowest BCUT2D eigenvalue weighted by Crippen LogP contribution is -2.44. The zero-order valence-electron chi connectivity index (χ0n) is 18.1. The molecule has 0 aromatic carbocycles. The van der Waals surface area contributed by atoms with Gasteiger partial charge in [0.15, 0.2) is 5.96 Å². The summed E-state index contributed by atoms with van der Waals surface area (Å²) in [6.45, 7) is 15.4. The molecule has 27 heavy (non-hydrogen) atoms. The summed E-state index contributed by atoms with van der Waals surface area (Å²) in [6.07, 6.45) is 5.33. The summed E-state index contributed by atoms with van der Waals surface area (Å²) in [5.74, 6) is 0.913. The predicted molar refractivity (Wildman–Crippen MR) is 127 cm³/mol. The van der Waals surface area contributed by atoms with Gasteiger partial charge in [-0.15, -0.1) is 24.0 Å². The van der Waals surface area contributed by atoms with Crippen molar-refractivity contribution in [2.24, 2.45) is 10.4 Å². The van der Waals surface area contributed by atoms with Gasteiger partial charge in [-0.3, -0.25) is 4.99 Å². The maximum Gasteiger partial charge on any atom is 0.191 e. The molecule has 0 bridgehead atoms. The summed E-state index contributed by atoms with van der Waals surface area (Å²) in [5, 5.41) is 16.2. The van der Waals surface area contributed by atoms with E-state index in [0.29, 0.717) is 0 Å². The first-order chi connectivity index (χ1) is 12.6. The molecule has 1 fully saturated rings. The number of aliphatic hydroxyl groups is 1. The van der Waals surface area contributed by atoms with Gasteiger partial charge < -0.3 is 25.5 Å². The second-order valence-corrected chi connectivity index (χ2v) is 7.65. The Bertz CT molecular complexity index is 383. The number of aliphatic hydroxyl groups excluding tert-OH is 1. The van der Waals surface area contributed by atoms with Crippen LogP contribution in [0.25, 0.3) is 0 Å². The molecule has 1 saturated heterocycles. The molecule has 0 radical (unpaired) electrons. The number of hydrogen-bond donors (Lipinski definition) is 3. The minimum atomic E-state index is 0. The van der Waals surface area contributed by atoms with Crippen LogP contribution in [0, 0.1) is 5.41 Å². The van der Waals surface area contributed by atoms with E-state index in [4.69, 9.17) is 4.99 Å². The van der Waals surface area contributed by atoms with Gasteiger partial charge in [0.25, 0.3) is 0 Å². The molecule has 1 heterocycles. The van der Waals surface area contributed by atoms with E-state index in [1.807, 2.05) is 0 Å². The molecule has 0 aliphatic carbocycles. The predicted octanol–water partition coefficient (Wildman–Crippen LogP) is 2.38. The van der Waals surface area contributed by atoms with E-state index in [9.17, 15) is 5.11 Å². The number of halogens is 1. The van der Waals surface area contributed by atoms with Crippen LogP contribution in [-0.4, -0.2) is 86.9 Å². The molecule has 1 aliphatic rings. The fraction of sp³-hybridized carbons (Fsp3) is 0.950. The average Bonchev–Trinajstić information content (AvgIpc) is 2.66. The van der Waals surface area contributed by atoms with Gasteiger partial charge in [0.2, 0.25) is 0 Å². The maximum atomic E-state index is 9.37. The number of piperazine rings is 1. The largest absolute Gasteiger partial charge is 0.396 e. The Morgan fingerprint density at radius 1 is 1.04 bits per heavy atom. The Kier molecular flexibility index (Phi) is 15.7. The zero-order valence-corrected chi connectivity index (χ0v) is 20.4. The average molecular weight is 498 g/mol. The number of nitrogens with zero attached hydrogens (tertiary/aromatic N) is 3.